The van der Waals surface area contributed by atoms with Crippen molar-refractivity contribution < 1.29 is 19.8 Å². The smallest absolute Gasteiger partial charge is 0.665 e. The number of hydrogen-bond acceptors (Lipinski definition) is 2. The molecule has 0 saturated carbocycles. The summed E-state index contributed by atoms with van der Waals surface area (Å²) in [4.78, 5) is 16.5. The molecule has 0 saturated heterocycles. The van der Waals surface area contributed by atoms with E-state index < -0.39 is 0 Å². The van der Waals surface area contributed by atoms with Crippen molar-refractivity contribution >= 4 is 23.1 Å². The molecule has 0 rings (SSSR count). The van der Waals surface area contributed by atoms with Crippen LogP contribution >= 0.6 is 0 Å². The maximum absolute atomic E-state index is 8.24. The van der Waals surface area contributed by atoms with Crippen molar-refractivity contribution in [3.8, 4) is 0 Å². The summed E-state index contributed by atoms with van der Waals surface area (Å²) in [6.07, 6.45) is 0. The fraction of sp³-hybridized carbons (Fsp3) is 0. The molecular weight excluding hydrogens is 97.0 g/mol. The van der Waals surface area contributed by atoms with Crippen LogP contribution in [0.1, 0.15) is 0 Å². The Kier molecular flexibility index (Phi) is 165. The third-order valence-corrected chi connectivity index (χ3v) is 0. The molecule has 0 aromatic carbocycles. The van der Waals surface area contributed by atoms with Gasteiger partial charge < -0.3 is 19.8 Å². The molecule has 2 N–H and O–H groups in total. The zero-order valence-electron chi connectivity index (χ0n) is 3.42. The van der Waals surface area contributed by atoms with Crippen LogP contribution in [0.15, 0.2) is 0 Å². The van der Waals surface area contributed by atoms with Crippen LogP contribution < -0.4 is 0 Å². The molecule has 4 nitrogen and oxygen atoms in total. The third-order valence-electron chi connectivity index (χ3n) is 0. The predicted molar refractivity (Wildman–Crippen MR) is 22.4 cm³/mol. The average Bonchev–Trinajstić information content (AvgIpc) is 1.39. The van der Waals surface area contributed by atoms with E-state index in [4.69, 9.17) is 19.8 Å². The van der Waals surface area contributed by atoms with Gasteiger partial charge in [-0.1, -0.05) is 12.9 Å². The molecule has 0 aliphatic rings. The molecule has 0 atom stereocenters. The molecule has 0 aromatic heterocycles. The number of rotatable bonds is 0. The molecule has 0 unspecified atom stereocenters. The SMILES string of the molecule is O=[C-]O.O=[C-]O.[Be+2]. The van der Waals surface area contributed by atoms with Gasteiger partial charge in [-0.05, 0) is 0 Å². The molecule has 0 aliphatic carbocycles. The molecule has 0 fully saturated rings. The first kappa shape index (κ1) is 16.5. The van der Waals surface area contributed by atoms with E-state index in [0.29, 0.717) is 12.9 Å². The average molecular weight is 99.0 g/mol. The summed E-state index contributed by atoms with van der Waals surface area (Å²) < 4.78 is 0. The molecule has 0 aliphatic heterocycles. The summed E-state index contributed by atoms with van der Waals surface area (Å²) in [5.41, 5.74) is 0. The van der Waals surface area contributed by atoms with Crippen LogP contribution in [-0.2, 0) is 9.59 Å². The zero-order valence-corrected chi connectivity index (χ0v) is 3.42. The van der Waals surface area contributed by atoms with Gasteiger partial charge in [-0.2, -0.15) is 0 Å². The molecule has 0 heterocycles. The first-order chi connectivity index (χ1) is 2.83. The monoisotopic (exact) mass is 99.0 g/mol. The minimum Gasteiger partial charge on any atom is -0.665 e. The van der Waals surface area contributed by atoms with Crippen LogP contribution in [0.3, 0.4) is 0 Å². The summed E-state index contributed by atoms with van der Waals surface area (Å²) in [5, 5.41) is 13.5. The maximum atomic E-state index is 8.24. The molecule has 0 radical (unpaired) electrons. The van der Waals surface area contributed by atoms with Crippen molar-refractivity contribution in [2.75, 3.05) is 0 Å². The van der Waals surface area contributed by atoms with Gasteiger partial charge in [0.1, 0.15) is 0 Å². The van der Waals surface area contributed by atoms with Crippen molar-refractivity contribution in [1.82, 2.24) is 0 Å². The van der Waals surface area contributed by atoms with Gasteiger partial charge in [0.25, 0.3) is 0 Å². The molecule has 0 spiro atoms. The van der Waals surface area contributed by atoms with Crippen molar-refractivity contribution in [3.05, 3.63) is 0 Å². The molecule has 36 valence electrons. The van der Waals surface area contributed by atoms with Gasteiger partial charge in [0.05, 0.1) is 0 Å². The van der Waals surface area contributed by atoms with Gasteiger partial charge in [0, 0.05) is 0 Å². The summed E-state index contributed by atoms with van der Waals surface area (Å²) in [7, 11) is 0. The third kappa shape index (κ3) is 62.2. The molecule has 0 amide bonds. The summed E-state index contributed by atoms with van der Waals surface area (Å²) >= 11 is 0. The van der Waals surface area contributed by atoms with Crippen molar-refractivity contribution in [2.24, 2.45) is 0 Å². The summed E-state index contributed by atoms with van der Waals surface area (Å²) in [6, 6.07) is 0. The standard InChI is InChI=1S/2CHO2.Be/c2*2-1-3;/h2*(H,2,3);/q2*-1;+2. The van der Waals surface area contributed by atoms with Gasteiger partial charge in [0.15, 0.2) is 0 Å². The van der Waals surface area contributed by atoms with Crippen LogP contribution in [0.2, 0.25) is 0 Å². The Hall–Kier alpha value is -0.891. The van der Waals surface area contributed by atoms with Gasteiger partial charge in [-0.3, -0.25) is 0 Å². The van der Waals surface area contributed by atoms with Crippen LogP contribution in [0.5, 0.6) is 0 Å². The Bertz CT molecular complexity index is 30.7. The summed E-state index contributed by atoms with van der Waals surface area (Å²) in [6.45, 7) is 1.00. The van der Waals surface area contributed by atoms with Crippen molar-refractivity contribution in [2.45, 2.75) is 0 Å². The Morgan fingerprint density at radius 2 is 1.00 bits per heavy atom. The molecule has 0 aromatic rings. The zero-order chi connectivity index (χ0) is 5.41. The molecule has 5 heteroatoms. The van der Waals surface area contributed by atoms with Crippen molar-refractivity contribution in [3.63, 3.8) is 0 Å². The second-order valence-corrected chi connectivity index (χ2v) is 0.183. The molecular formula is C2H2BeO4. The van der Waals surface area contributed by atoms with E-state index in [0.717, 1.165) is 0 Å². The van der Waals surface area contributed by atoms with Gasteiger partial charge in [-0.25, -0.2) is 0 Å². The van der Waals surface area contributed by atoms with Gasteiger partial charge in [0.2, 0.25) is 0 Å². The Labute approximate surface area is 44.0 Å². The van der Waals surface area contributed by atoms with Crippen LogP contribution in [0.25, 0.3) is 0 Å². The molecule has 0 bridgehead atoms. The van der Waals surface area contributed by atoms with Crippen LogP contribution in [0.4, 0.5) is 0 Å². The molecule has 7 heavy (non-hydrogen) atoms. The van der Waals surface area contributed by atoms with Crippen molar-refractivity contribution in [1.29, 1.82) is 0 Å². The number of aliphatic hydroxyl groups excluding tert-OH is 2. The van der Waals surface area contributed by atoms with E-state index in [1.807, 2.05) is 0 Å². The van der Waals surface area contributed by atoms with E-state index in [1.165, 1.54) is 0 Å². The van der Waals surface area contributed by atoms with E-state index in [1.54, 1.807) is 0 Å². The van der Waals surface area contributed by atoms with Crippen LogP contribution in [-0.4, -0.2) is 33.3 Å². The normalized spacial score (nSPS) is 3.43. The van der Waals surface area contributed by atoms with E-state index >= 15 is 0 Å². The maximum Gasteiger partial charge on any atom is 2.00 e. The minimum absolute atomic E-state index is 0. The minimum atomic E-state index is 0. The van der Waals surface area contributed by atoms with Crippen LogP contribution in [0, 0.1) is 0 Å². The van der Waals surface area contributed by atoms with E-state index in [9.17, 15) is 0 Å². The fourth-order valence-electron chi connectivity index (χ4n) is 0. The quantitative estimate of drug-likeness (QED) is 0.297. The first-order valence-electron chi connectivity index (χ1n) is 0.855. The Balaban J connectivity index is -0.0000000400. The first-order valence-corrected chi connectivity index (χ1v) is 0.855. The Morgan fingerprint density at radius 1 is 1.00 bits per heavy atom. The van der Waals surface area contributed by atoms with Gasteiger partial charge in [-0.15, -0.1) is 0 Å². The summed E-state index contributed by atoms with van der Waals surface area (Å²) in [5.74, 6) is 0. The number of hydrogen-bond donors (Lipinski definition) is 2. The predicted octanol–water partition coefficient (Wildman–Crippen LogP) is -1.16. The van der Waals surface area contributed by atoms with E-state index in [-0.39, 0.29) is 10.1 Å². The Morgan fingerprint density at radius 3 is 1.00 bits per heavy atom. The topological polar surface area (TPSA) is 74.6 Å². The second-order valence-electron chi connectivity index (χ2n) is 0.183. The van der Waals surface area contributed by atoms with Gasteiger partial charge >= 0.3 is 10.1 Å². The largest absolute Gasteiger partial charge is 2.00 e. The fourth-order valence-corrected chi connectivity index (χ4v) is 0. The second kappa shape index (κ2) is 70.1. The van der Waals surface area contributed by atoms with E-state index in [2.05, 4.69) is 0 Å².